The van der Waals surface area contributed by atoms with E-state index in [9.17, 15) is 5.11 Å². The topological polar surface area (TPSA) is 41.5 Å². The van der Waals surface area contributed by atoms with Crippen LogP contribution in [0.15, 0.2) is 48.6 Å². The summed E-state index contributed by atoms with van der Waals surface area (Å²) in [6.45, 7) is 7.98. The first kappa shape index (κ1) is 15.4. The van der Waals surface area contributed by atoms with Crippen LogP contribution >= 0.6 is 0 Å². The highest BCUT2D eigenvalue weighted by atomic mass is 16.6. The summed E-state index contributed by atoms with van der Waals surface area (Å²) in [6.07, 6.45) is 6.05. The van der Waals surface area contributed by atoms with E-state index in [1.54, 1.807) is 0 Å². The highest BCUT2D eigenvalue weighted by molar-refractivity contribution is 5.64. The van der Waals surface area contributed by atoms with Crippen LogP contribution < -0.4 is 5.32 Å². The Labute approximate surface area is 154 Å². The zero-order valence-electron chi connectivity index (χ0n) is 15.1. The van der Waals surface area contributed by atoms with Gasteiger partial charge in [0.1, 0.15) is 12.6 Å². The maximum Gasteiger partial charge on any atom is 0.160 e. The van der Waals surface area contributed by atoms with E-state index >= 15 is 0 Å². The van der Waals surface area contributed by atoms with E-state index in [-0.39, 0.29) is 17.4 Å². The van der Waals surface area contributed by atoms with Crippen molar-refractivity contribution in [1.29, 1.82) is 0 Å². The summed E-state index contributed by atoms with van der Waals surface area (Å²) >= 11 is 0. The molecular weight excluding hydrogens is 324 g/mol. The smallest absolute Gasteiger partial charge is 0.160 e. The fourth-order valence-electron chi connectivity index (χ4n) is 7.43. The molecule has 26 heavy (non-hydrogen) atoms. The van der Waals surface area contributed by atoms with Gasteiger partial charge in [0.15, 0.2) is 6.29 Å². The van der Waals surface area contributed by atoms with Crippen molar-refractivity contribution >= 4 is 5.69 Å². The molecule has 0 aromatic heterocycles. The van der Waals surface area contributed by atoms with Gasteiger partial charge in [-0.25, -0.2) is 0 Å². The maximum absolute atomic E-state index is 10.9. The predicted molar refractivity (Wildman–Crippen MR) is 101 cm³/mol. The third-order valence-electron chi connectivity index (χ3n) is 8.26. The Morgan fingerprint density at radius 2 is 2.27 bits per heavy atom. The predicted octanol–water partition coefficient (Wildman–Crippen LogP) is 2.42. The average Bonchev–Trinajstić information content (AvgIpc) is 3.10. The number of nitrogens with zero attached hydrogens (tertiary/aromatic N) is 1. The largest absolute Gasteiger partial charge is 0.380 e. The lowest BCUT2D eigenvalue weighted by Gasteiger charge is -2.57. The van der Waals surface area contributed by atoms with E-state index in [0.29, 0.717) is 18.6 Å². The number of hydrogen-bond donors (Lipinski definition) is 2. The second-order valence-corrected chi connectivity index (χ2v) is 8.97. The lowest BCUT2D eigenvalue weighted by molar-refractivity contribution is -0.937. The van der Waals surface area contributed by atoms with Crippen LogP contribution in [0.1, 0.15) is 18.4 Å². The number of fused-ring (bicyclic) bond motifs is 2. The van der Waals surface area contributed by atoms with Crippen molar-refractivity contribution < 1.29 is 14.3 Å². The van der Waals surface area contributed by atoms with Gasteiger partial charge < -0.3 is 19.6 Å². The lowest BCUT2D eigenvalue weighted by atomic mass is 9.55. The van der Waals surface area contributed by atoms with Crippen LogP contribution in [-0.4, -0.2) is 54.2 Å². The van der Waals surface area contributed by atoms with E-state index in [0.717, 1.165) is 24.0 Å². The van der Waals surface area contributed by atoms with Gasteiger partial charge in [0, 0.05) is 30.4 Å². The first-order valence-corrected chi connectivity index (χ1v) is 10.0. The van der Waals surface area contributed by atoms with E-state index < -0.39 is 6.29 Å². The molecular formula is C22H27N2O2+. The van der Waals surface area contributed by atoms with E-state index in [4.69, 9.17) is 4.74 Å². The highest BCUT2D eigenvalue weighted by Gasteiger charge is 2.72. The van der Waals surface area contributed by atoms with Crippen LogP contribution in [0.3, 0.4) is 0 Å². The molecule has 1 spiro atoms. The maximum atomic E-state index is 10.9. The molecule has 6 rings (SSSR count). The minimum atomic E-state index is -0.682. The Morgan fingerprint density at radius 3 is 3.15 bits per heavy atom. The molecule has 2 N–H and O–H groups in total. The Hall–Kier alpha value is -1.62. The molecule has 1 aromatic rings. The van der Waals surface area contributed by atoms with Gasteiger partial charge in [-0.1, -0.05) is 30.9 Å². The molecule has 0 amide bonds. The monoisotopic (exact) mass is 351 g/mol. The zero-order valence-corrected chi connectivity index (χ0v) is 15.1. The van der Waals surface area contributed by atoms with Crippen molar-refractivity contribution in [2.45, 2.75) is 36.6 Å². The first-order chi connectivity index (χ1) is 12.7. The van der Waals surface area contributed by atoms with Gasteiger partial charge in [0.2, 0.25) is 0 Å². The van der Waals surface area contributed by atoms with Crippen LogP contribution in [0.4, 0.5) is 5.69 Å². The van der Waals surface area contributed by atoms with Crippen molar-refractivity contribution in [1.82, 2.24) is 0 Å². The van der Waals surface area contributed by atoms with Gasteiger partial charge in [-0.15, -0.1) is 0 Å². The van der Waals surface area contributed by atoms with Crippen LogP contribution in [0, 0.1) is 11.8 Å². The number of piperidine rings is 1. The third kappa shape index (κ3) is 1.62. The number of benzene rings is 1. The Kier molecular flexibility index (Phi) is 2.97. The molecule has 3 fully saturated rings. The minimum absolute atomic E-state index is 0.112. The number of hydrogen-bond acceptors (Lipinski definition) is 3. The minimum Gasteiger partial charge on any atom is -0.380 e. The molecule has 4 aliphatic heterocycles. The Bertz CT molecular complexity index is 820. The molecule has 5 aliphatic rings. The molecule has 1 saturated carbocycles. The standard InChI is InChI=1S/C22H27N2O2/c1-2-9-24-10-8-22-16-5-3-4-6-17(16)23-20(22)19-15(12-18(22)24)14(13-24)7-11-26-21(19)25/h2-7,15,18-21,23,25H,1,8-13H2/q+1/t15-,18-,19+,20-,21+,22+,24?/m0/s1. The molecule has 4 nitrogen and oxygen atoms in total. The quantitative estimate of drug-likeness (QED) is 0.635. The molecule has 2 bridgehead atoms. The second kappa shape index (κ2) is 5.00. The molecule has 1 aromatic carbocycles. The summed E-state index contributed by atoms with van der Waals surface area (Å²) in [6, 6.07) is 9.70. The first-order valence-electron chi connectivity index (χ1n) is 10.0. The summed E-state index contributed by atoms with van der Waals surface area (Å²) in [5.74, 6) is 0.572. The molecule has 1 aliphatic carbocycles. The van der Waals surface area contributed by atoms with Gasteiger partial charge in [0.25, 0.3) is 0 Å². The molecule has 0 radical (unpaired) electrons. The second-order valence-electron chi connectivity index (χ2n) is 8.97. The third-order valence-corrected chi connectivity index (χ3v) is 8.26. The van der Waals surface area contributed by atoms with E-state index in [1.165, 1.54) is 29.8 Å². The van der Waals surface area contributed by atoms with Crippen LogP contribution in [0.5, 0.6) is 0 Å². The van der Waals surface area contributed by atoms with Crippen molar-refractivity contribution in [2.24, 2.45) is 11.8 Å². The van der Waals surface area contributed by atoms with Gasteiger partial charge >= 0.3 is 0 Å². The molecule has 4 heterocycles. The summed E-state index contributed by atoms with van der Waals surface area (Å²) in [7, 11) is 0. The van der Waals surface area contributed by atoms with Crippen LogP contribution in [-0.2, 0) is 10.2 Å². The van der Waals surface area contributed by atoms with Gasteiger partial charge in [0.05, 0.1) is 31.2 Å². The number of rotatable bonds is 2. The van der Waals surface area contributed by atoms with Crippen molar-refractivity contribution in [3.05, 3.63) is 54.1 Å². The van der Waals surface area contributed by atoms with Gasteiger partial charge in [-0.3, -0.25) is 0 Å². The molecule has 2 saturated heterocycles. The van der Waals surface area contributed by atoms with Gasteiger partial charge in [-0.05, 0) is 23.3 Å². The van der Waals surface area contributed by atoms with Gasteiger partial charge in [-0.2, -0.15) is 0 Å². The highest BCUT2D eigenvalue weighted by Crippen LogP contribution is 2.64. The molecule has 7 atom stereocenters. The number of quaternary nitrogens is 1. The number of anilines is 1. The van der Waals surface area contributed by atoms with Crippen molar-refractivity contribution in [3.63, 3.8) is 0 Å². The summed E-state index contributed by atoms with van der Waals surface area (Å²) in [5, 5.41) is 14.8. The number of nitrogens with one attached hydrogen (secondary N) is 1. The SMILES string of the molecule is C=CC[N+]12CC[C@]34c5ccccc5N[C@H]3[C@@H]3[C@H](O)OCC=C(C1)[C@@H]3C[C@@H]42. The fourth-order valence-corrected chi connectivity index (χ4v) is 7.43. The summed E-state index contributed by atoms with van der Waals surface area (Å²) in [4.78, 5) is 0. The average molecular weight is 351 g/mol. The van der Waals surface area contributed by atoms with Crippen molar-refractivity contribution in [3.8, 4) is 0 Å². The number of aliphatic hydroxyl groups excluding tert-OH is 1. The summed E-state index contributed by atoms with van der Waals surface area (Å²) < 4.78 is 6.98. The van der Waals surface area contributed by atoms with E-state index in [1.807, 2.05) is 0 Å². The number of para-hydroxylation sites is 1. The Morgan fingerprint density at radius 1 is 1.38 bits per heavy atom. The zero-order chi connectivity index (χ0) is 17.5. The summed E-state index contributed by atoms with van der Waals surface area (Å²) in [5.41, 5.74) is 4.37. The van der Waals surface area contributed by atoms with Crippen LogP contribution in [0.2, 0.25) is 0 Å². The number of aliphatic hydroxyl groups is 1. The molecule has 1 unspecified atom stereocenters. The van der Waals surface area contributed by atoms with Crippen molar-refractivity contribution in [2.75, 3.05) is 31.6 Å². The molecule has 4 heteroatoms. The molecule has 136 valence electrons. The normalized spacial score (nSPS) is 47.3. The lowest BCUT2D eigenvalue weighted by Crippen LogP contribution is -2.69. The number of ether oxygens (including phenoxy) is 1. The Balaban J connectivity index is 1.60. The van der Waals surface area contributed by atoms with E-state index in [2.05, 4.69) is 48.3 Å². The fraction of sp³-hybridized carbons (Fsp3) is 0.545. The van der Waals surface area contributed by atoms with Crippen LogP contribution in [0.25, 0.3) is 0 Å².